The smallest absolute Gasteiger partial charge is 0.273 e. The van der Waals surface area contributed by atoms with E-state index in [0.717, 1.165) is 5.69 Å². The second kappa shape index (κ2) is 12.5. The molecule has 33 heavy (non-hydrogen) atoms. The van der Waals surface area contributed by atoms with Crippen molar-refractivity contribution >= 4 is 57.2 Å². The number of pyridine rings is 1. The van der Waals surface area contributed by atoms with Gasteiger partial charge in [0.1, 0.15) is 5.69 Å². The second-order valence-corrected chi connectivity index (χ2v) is 8.62. The molecule has 0 saturated heterocycles. The molecule has 0 unspecified atom stereocenters. The van der Waals surface area contributed by atoms with Gasteiger partial charge in [-0.1, -0.05) is 29.3 Å². The largest absolute Gasteiger partial charge is 0.383 e. The molecule has 8 nitrogen and oxygen atoms in total. The number of hydrogen-bond donors (Lipinski definition) is 2. The van der Waals surface area contributed by atoms with Gasteiger partial charge >= 0.3 is 0 Å². The third-order valence-corrected chi connectivity index (χ3v) is 5.87. The number of carbonyl (C=O) groups is 2. The van der Waals surface area contributed by atoms with Crippen LogP contribution in [0.4, 0.5) is 10.8 Å². The minimum atomic E-state index is -0.286. The molecule has 2 amide bonds. The molecule has 0 spiro atoms. The summed E-state index contributed by atoms with van der Waals surface area (Å²) >= 11 is 13.5. The summed E-state index contributed by atoms with van der Waals surface area (Å²) in [6.07, 6.45) is 1.82. The number of rotatable bonds is 11. The van der Waals surface area contributed by atoms with E-state index >= 15 is 0 Å². The van der Waals surface area contributed by atoms with Gasteiger partial charge < -0.3 is 20.3 Å². The quantitative estimate of drug-likeness (QED) is 0.399. The summed E-state index contributed by atoms with van der Waals surface area (Å²) in [5.74, 6) is -0.460. The highest BCUT2D eigenvalue weighted by atomic mass is 35.5. The Morgan fingerprint density at radius 1 is 1.18 bits per heavy atom. The number of amides is 2. The monoisotopic (exact) mass is 507 g/mol. The Kier molecular flexibility index (Phi) is 9.44. The van der Waals surface area contributed by atoms with Crippen LogP contribution in [0.25, 0.3) is 0 Å². The van der Waals surface area contributed by atoms with Gasteiger partial charge in [0.2, 0.25) is 5.91 Å². The Morgan fingerprint density at radius 3 is 2.79 bits per heavy atom. The fourth-order valence-corrected chi connectivity index (χ4v) is 3.87. The third-order valence-electron chi connectivity index (χ3n) is 4.55. The van der Waals surface area contributed by atoms with Crippen LogP contribution in [0.3, 0.4) is 0 Å². The van der Waals surface area contributed by atoms with Crippen molar-refractivity contribution in [2.24, 2.45) is 0 Å². The lowest BCUT2D eigenvalue weighted by Gasteiger charge is -2.21. The zero-order valence-corrected chi connectivity index (χ0v) is 20.2. The zero-order chi connectivity index (χ0) is 23.6. The van der Waals surface area contributed by atoms with Crippen LogP contribution in [-0.4, -0.2) is 53.5 Å². The lowest BCUT2D eigenvalue weighted by Crippen LogP contribution is -2.37. The van der Waals surface area contributed by atoms with E-state index in [-0.39, 0.29) is 30.5 Å². The maximum atomic E-state index is 13.0. The highest BCUT2D eigenvalue weighted by molar-refractivity contribution is 7.14. The van der Waals surface area contributed by atoms with Crippen molar-refractivity contribution in [3.63, 3.8) is 0 Å². The molecule has 1 aromatic carbocycles. The van der Waals surface area contributed by atoms with Crippen LogP contribution < -0.4 is 10.6 Å². The van der Waals surface area contributed by atoms with Crippen molar-refractivity contribution in [3.05, 3.63) is 69.4 Å². The van der Waals surface area contributed by atoms with Crippen LogP contribution in [0.1, 0.15) is 22.6 Å². The SMILES string of the molecule is COCCN(CCC(=O)NCc1ccccn1)C(=O)c1csc(Nc2cc(Cl)ccc2Cl)n1. The molecule has 11 heteroatoms. The summed E-state index contributed by atoms with van der Waals surface area (Å²) in [6.45, 7) is 1.24. The van der Waals surface area contributed by atoms with Crippen molar-refractivity contribution in [1.82, 2.24) is 20.2 Å². The Labute approximate surface area is 205 Å². The van der Waals surface area contributed by atoms with Crippen LogP contribution in [-0.2, 0) is 16.1 Å². The van der Waals surface area contributed by atoms with Crippen LogP contribution >= 0.6 is 34.5 Å². The first-order valence-electron chi connectivity index (χ1n) is 10.1. The van der Waals surface area contributed by atoms with Gasteiger partial charge in [-0.15, -0.1) is 11.3 Å². The Hall–Kier alpha value is -2.72. The summed E-state index contributed by atoms with van der Waals surface area (Å²) in [5, 5.41) is 9.07. The van der Waals surface area contributed by atoms with E-state index in [1.807, 2.05) is 18.2 Å². The van der Waals surface area contributed by atoms with E-state index in [1.165, 1.54) is 11.3 Å². The highest BCUT2D eigenvalue weighted by Gasteiger charge is 2.20. The first-order chi connectivity index (χ1) is 16.0. The van der Waals surface area contributed by atoms with Crippen LogP contribution in [0.15, 0.2) is 48.0 Å². The minimum absolute atomic E-state index is 0.148. The fourth-order valence-electron chi connectivity index (χ4n) is 2.83. The van der Waals surface area contributed by atoms with E-state index in [9.17, 15) is 9.59 Å². The molecule has 2 heterocycles. The van der Waals surface area contributed by atoms with Gasteiger partial charge in [-0.05, 0) is 30.3 Å². The first kappa shape index (κ1) is 24.9. The van der Waals surface area contributed by atoms with Gasteiger partial charge in [0.15, 0.2) is 5.13 Å². The molecule has 2 aromatic heterocycles. The van der Waals surface area contributed by atoms with Gasteiger partial charge in [-0.25, -0.2) is 4.98 Å². The maximum Gasteiger partial charge on any atom is 0.273 e. The normalized spacial score (nSPS) is 10.6. The molecule has 2 N–H and O–H groups in total. The topological polar surface area (TPSA) is 96.5 Å². The summed E-state index contributed by atoms with van der Waals surface area (Å²) in [5.41, 5.74) is 1.63. The Balaban J connectivity index is 1.59. The van der Waals surface area contributed by atoms with Crippen LogP contribution in [0.2, 0.25) is 10.0 Å². The predicted octanol–water partition coefficient (Wildman–Crippen LogP) is 4.38. The van der Waals surface area contributed by atoms with E-state index < -0.39 is 0 Å². The number of ether oxygens (including phenoxy) is 1. The number of nitrogens with one attached hydrogen (secondary N) is 2. The van der Waals surface area contributed by atoms with E-state index in [1.54, 1.807) is 41.8 Å². The molecule has 0 fully saturated rings. The van der Waals surface area contributed by atoms with E-state index in [4.69, 9.17) is 27.9 Å². The average molecular weight is 508 g/mol. The number of carbonyl (C=O) groups excluding carboxylic acids is 2. The number of methoxy groups -OCH3 is 1. The minimum Gasteiger partial charge on any atom is -0.383 e. The number of anilines is 2. The molecule has 0 aliphatic carbocycles. The third kappa shape index (κ3) is 7.68. The summed E-state index contributed by atoms with van der Waals surface area (Å²) in [6, 6.07) is 10.5. The number of nitrogens with zero attached hydrogens (tertiary/aromatic N) is 3. The molecular formula is C22H23Cl2N5O3S. The number of hydrogen-bond acceptors (Lipinski definition) is 7. The molecule has 0 radical (unpaired) electrons. The number of thiazole rings is 1. The number of benzene rings is 1. The lowest BCUT2D eigenvalue weighted by molar-refractivity contribution is -0.121. The average Bonchev–Trinajstić information content (AvgIpc) is 3.29. The lowest BCUT2D eigenvalue weighted by atomic mass is 10.3. The van der Waals surface area contributed by atoms with Gasteiger partial charge in [0.25, 0.3) is 5.91 Å². The molecular weight excluding hydrogens is 485 g/mol. The van der Waals surface area contributed by atoms with E-state index in [0.29, 0.717) is 40.6 Å². The standard InChI is InChI=1S/C22H23Cl2N5O3S/c1-32-11-10-29(9-7-20(30)26-13-16-4-2-3-8-25-16)21(31)19-14-33-22(28-19)27-18-12-15(23)5-6-17(18)24/h2-6,8,12,14H,7,9-11,13H2,1H3,(H,26,30)(H,27,28). The maximum absolute atomic E-state index is 13.0. The van der Waals surface area contributed by atoms with Gasteiger partial charge in [-0.2, -0.15) is 0 Å². The van der Waals surface area contributed by atoms with Gasteiger partial charge in [-0.3, -0.25) is 14.6 Å². The summed E-state index contributed by atoms with van der Waals surface area (Å²) < 4.78 is 5.12. The molecule has 0 atom stereocenters. The molecule has 3 rings (SSSR count). The molecule has 0 bridgehead atoms. The van der Waals surface area contributed by atoms with Crippen molar-refractivity contribution in [2.75, 3.05) is 32.1 Å². The number of aromatic nitrogens is 2. The van der Waals surface area contributed by atoms with Crippen molar-refractivity contribution < 1.29 is 14.3 Å². The Bertz CT molecular complexity index is 1080. The molecule has 0 aliphatic rings. The van der Waals surface area contributed by atoms with Gasteiger partial charge in [0.05, 0.1) is 29.6 Å². The molecule has 0 aliphatic heterocycles. The number of halogens is 2. The van der Waals surface area contributed by atoms with Crippen LogP contribution in [0, 0.1) is 0 Å². The summed E-state index contributed by atoms with van der Waals surface area (Å²) in [7, 11) is 1.56. The van der Waals surface area contributed by atoms with E-state index in [2.05, 4.69) is 20.6 Å². The summed E-state index contributed by atoms with van der Waals surface area (Å²) in [4.78, 5) is 35.4. The van der Waals surface area contributed by atoms with Crippen LogP contribution in [0.5, 0.6) is 0 Å². The van der Waals surface area contributed by atoms with Crippen molar-refractivity contribution in [2.45, 2.75) is 13.0 Å². The van der Waals surface area contributed by atoms with Crippen molar-refractivity contribution in [3.8, 4) is 0 Å². The van der Waals surface area contributed by atoms with Gasteiger partial charge in [0, 0.05) is 43.2 Å². The first-order valence-corrected chi connectivity index (χ1v) is 11.7. The van der Waals surface area contributed by atoms with Crippen molar-refractivity contribution in [1.29, 1.82) is 0 Å². The zero-order valence-electron chi connectivity index (χ0n) is 17.9. The Morgan fingerprint density at radius 2 is 2.03 bits per heavy atom. The highest BCUT2D eigenvalue weighted by Crippen LogP contribution is 2.30. The fraction of sp³-hybridized carbons (Fsp3) is 0.273. The molecule has 0 saturated carbocycles. The molecule has 3 aromatic rings. The predicted molar refractivity (Wildman–Crippen MR) is 130 cm³/mol. The molecule has 174 valence electrons. The second-order valence-electron chi connectivity index (χ2n) is 6.92.